The molecule has 114 valence electrons. The Morgan fingerprint density at radius 1 is 0.955 bits per heavy atom. The molecular weight excluding hydrogens is 300 g/mol. The van der Waals surface area contributed by atoms with Gasteiger partial charge in [-0.05, 0) is 29.5 Å². The first kappa shape index (κ1) is 16.1. The Bertz CT molecular complexity index is 667. The molecule has 0 aliphatic rings. The van der Waals surface area contributed by atoms with Crippen LogP contribution < -0.4 is 0 Å². The summed E-state index contributed by atoms with van der Waals surface area (Å²) in [5.74, 6) is -2.32. The summed E-state index contributed by atoms with van der Waals surface area (Å²) >= 11 is 1.54. The molecule has 1 unspecified atom stereocenters. The van der Waals surface area contributed by atoms with Crippen LogP contribution in [-0.2, 0) is 15.0 Å². The fraction of sp³-hybridized carbons (Fsp3) is 0.176. The molecule has 22 heavy (non-hydrogen) atoms. The van der Waals surface area contributed by atoms with E-state index in [1.165, 1.54) is 0 Å². The lowest BCUT2D eigenvalue weighted by molar-refractivity contribution is -0.148. The molecule has 0 fully saturated rings. The van der Waals surface area contributed by atoms with E-state index in [0.29, 0.717) is 11.1 Å². The minimum absolute atomic E-state index is 0.460. The van der Waals surface area contributed by atoms with Gasteiger partial charge in [0.25, 0.3) is 0 Å². The second kappa shape index (κ2) is 6.66. The molecule has 0 heterocycles. The van der Waals surface area contributed by atoms with Crippen molar-refractivity contribution in [2.24, 2.45) is 0 Å². The van der Waals surface area contributed by atoms with Crippen LogP contribution in [0.1, 0.15) is 17.5 Å². The van der Waals surface area contributed by atoms with Crippen LogP contribution in [-0.4, -0.2) is 28.4 Å². The van der Waals surface area contributed by atoms with Crippen molar-refractivity contribution in [1.29, 1.82) is 0 Å². The van der Waals surface area contributed by atoms with Crippen LogP contribution in [0, 0.1) is 0 Å². The first-order chi connectivity index (χ1) is 10.5. The van der Waals surface area contributed by atoms with Gasteiger partial charge in [-0.3, -0.25) is 9.59 Å². The monoisotopic (exact) mass is 316 g/mol. The fourth-order valence-electron chi connectivity index (χ4n) is 2.52. The molecule has 2 rings (SSSR count). The highest BCUT2D eigenvalue weighted by Crippen LogP contribution is 2.37. The van der Waals surface area contributed by atoms with Crippen molar-refractivity contribution < 1.29 is 19.8 Å². The van der Waals surface area contributed by atoms with Gasteiger partial charge in [-0.25, -0.2) is 0 Å². The number of carbonyl (C=O) groups is 2. The van der Waals surface area contributed by atoms with E-state index >= 15 is 0 Å². The van der Waals surface area contributed by atoms with Gasteiger partial charge in [-0.1, -0.05) is 42.5 Å². The van der Waals surface area contributed by atoms with Crippen LogP contribution in [0.3, 0.4) is 0 Å². The van der Waals surface area contributed by atoms with Crippen LogP contribution in [0.2, 0.25) is 0 Å². The third-order valence-corrected chi connectivity index (χ3v) is 4.37. The van der Waals surface area contributed by atoms with Crippen molar-refractivity contribution >= 4 is 23.7 Å². The third-order valence-electron chi connectivity index (χ3n) is 3.63. The highest BCUT2D eigenvalue weighted by molar-refractivity contribution is 7.98. The van der Waals surface area contributed by atoms with Gasteiger partial charge < -0.3 is 10.2 Å². The summed E-state index contributed by atoms with van der Waals surface area (Å²) in [4.78, 5) is 24.4. The Labute approximate surface area is 132 Å². The van der Waals surface area contributed by atoms with Crippen molar-refractivity contribution in [2.75, 3.05) is 6.26 Å². The number of thioether (sulfide) groups is 1. The maximum atomic E-state index is 12.0. The first-order valence-corrected chi connectivity index (χ1v) is 7.88. The lowest BCUT2D eigenvalue weighted by Gasteiger charge is -2.29. The first-order valence-electron chi connectivity index (χ1n) is 6.66. The molecule has 0 aliphatic heterocycles. The number of hydrogen-bond donors (Lipinski definition) is 2. The molecular formula is C17H16O4S. The second-order valence-electron chi connectivity index (χ2n) is 4.88. The Morgan fingerprint density at radius 2 is 1.50 bits per heavy atom. The third kappa shape index (κ3) is 2.99. The standard InChI is InChI=1S/C17H16O4S/c1-22-14-9-7-13(8-10-14)17(16(20)21,11-15(18)19)12-5-3-2-4-6-12/h2-10H,11H2,1H3,(H,18,19)(H,20,21). The Kier molecular flexibility index (Phi) is 4.88. The van der Waals surface area contributed by atoms with Crippen LogP contribution in [0.15, 0.2) is 59.5 Å². The molecule has 0 amide bonds. The largest absolute Gasteiger partial charge is 0.481 e. The number of hydrogen-bond acceptors (Lipinski definition) is 3. The lowest BCUT2D eigenvalue weighted by Crippen LogP contribution is -2.39. The van der Waals surface area contributed by atoms with Crippen molar-refractivity contribution in [3.05, 3.63) is 65.7 Å². The molecule has 0 saturated carbocycles. The smallest absolute Gasteiger partial charge is 0.319 e. The molecule has 4 nitrogen and oxygen atoms in total. The van der Waals surface area contributed by atoms with E-state index < -0.39 is 23.8 Å². The highest BCUT2D eigenvalue weighted by Gasteiger charge is 2.44. The average Bonchev–Trinajstić information content (AvgIpc) is 2.53. The Hall–Kier alpha value is -2.27. The Morgan fingerprint density at radius 3 is 1.95 bits per heavy atom. The molecule has 0 radical (unpaired) electrons. The van der Waals surface area contributed by atoms with Gasteiger partial charge >= 0.3 is 11.9 Å². The number of aliphatic carboxylic acids is 2. The van der Waals surface area contributed by atoms with E-state index in [-0.39, 0.29) is 0 Å². The average molecular weight is 316 g/mol. The zero-order valence-electron chi connectivity index (χ0n) is 12.0. The van der Waals surface area contributed by atoms with Gasteiger partial charge in [0.2, 0.25) is 0 Å². The normalized spacial score (nSPS) is 13.3. The van der Waals surface area contributed by atoms with Crippen molar-refractivity contribution in [1.82, 2.24) is 0 Å². The quantitative estimate of drug-likeness (QED) is 0.800. The predicted molar refractivity (Wildman–Crippen MR) is 85.3 cm³/mol. The molecule has 5 heteroatoms. The molecule has 2 N–H and O–H groups in total. The molecule has 0 spiro atoms. The summed E-state index contributed by atoms with van der Waals surface area (Å²) in [6.45, 7) is 0. The summed E-state index contributed by atoms with van der Waals surface area (Å²) in [5, 5.41) is 19.1. The number of rotatable bonds is 6. The minimum atomic E-state index is -1.59. The molecule has 0 aromatic heterocycles. The molecule has 0 bridgehead atoms. The summed E-state index contributed by atoms with van der Waals surface area (Å²) < 4.78 is 0. The summed E-state index contributed by atoms with van der Waals surface area (Å²) in [5.41, 5.74) is -0.669. The zero-order chi connectivity index (χ0) is 16.2. The van der Waals surface area contributed by atoms with Gasteiger partial charge in [0.15, 0.2) is 0 Å². The topological polar surface area (TPSA) is 74.6 Å². The number of carboxylic acid groups (broad SMARTS) is 2. The van der Waals surface area contributed by atoms with Gasteiger partial charge in [0, 0.05) is 4.90 Å². The minimum Gasteiger partial charge on any atom is -0.481 e. The fourth-order valence-corrected chi connectivity index (χ4v) is 2.93. The summed E-state index contributed by atoms with van der Waals surface area (Å²) in [7, 11) is 0. The van der Waals surface area contributed by atoms with Gasteiger partial charge in [-0.2, -0.15) is 0 Å². The van der Waals surface area contributed by atoms with Crippen molar-refractivity contribution in [3.8, 4) is 0 Å². The van der Waals surface area contributed by atoms with Crippen LogP contribution >= 0.6 is 11.8 Å². The van der Waals surface area contributed by atoms with Crippen LogP contribution in [0.25, 0.3) is 0 Å². The molecule has 0 saturated heterocycles. The lowest BCUT2D eigenvalue weighted by atomic mass is 9.72. The Balaban J connectivity index is 2.66. The molecule has 0 aliphatic carbocycles. The van der Waals surface area contributed by atoms with Crippen molar-refractivity contribution in [2.45, 2.75) is 16.7 Å². The van der Waals surface area contributed by atoms with E-state index in [2.05, 4.69) is 0 Å². The van der Waals surface area contributed by atoms with Crippen molar-refractivity contribution in [3.63, 3.8) is 0 Å². The van der Waals surface area contributed by atoms with E-state index in [1.807, 2.05) is 18.4 Å². The van der Waals surface area contributed by atoms with E-state index in [0.717, 1.165) is 4.90 Å². The molecule has 2 aromatic rings. The number of benzene rings is 2. The van der Waals surface area contributed by atoms with Crippen LogP contribution in [0.5, 0.6) is 0 Å². The predicted octanol–water partition coefficient (Wildman–Crippen LogP) is 3.25. The number of carboxylic acids is 2. The maximum Gasteiger partial charge on any atom is 0.319 e. The van der Waals surface area contributed by atoms with E-state index in [1.54, 1.807) is 54.2 Å². The molecule has 2 aromatic carbocycles. The van der Waals surface area contributed by atoms with Crippen LogP contribution in [0.4, 0.5) is 0 Å². The highest BCUT2D eigenvalue weighted by atomic mass is 32.2. The SMILES string of the molecule is CSc1ccc(C(CC(=O)O)(C(=O)O)c2ccccc2)cc1. The van der Waals surface area contributed by atoms with Gasteiger partial charge in [0.05, 0.1) is 6.42 Å². The maximum absolute atomic E-state index is 12.0. The van der Waals surface area contributed by atoms with E-state index in [9.17, 15) is 19.8 Å². The van der Waals surface area contributed by atoms with E-state index in [4.69, 9.17) is 0 Å². The van der Waals surface area contributed by atoms with Gasteiger partial charge in [0.1, 0.15) is 5.41 Å². The molecule has 1 atom stereocenters. The summed E-state index contributed by atoms with van der Waals surface area (Å²) in [6, 6.07) is 15.5. The van der Waals surface area contributed by atoms with Gasteiger partial charge in [-0.15, -0.1) is 11.8 Å². The zero-order valence-corrected chi connectivity index (χ0v) is 12.8. The summed E-state index contributed by atoms with van der Waals surface area (Å²) in [6.07, 6.45) is 1.42. The second-order valence-corrected chi connectivity index (χ2v) is 5.76.